The summed E-state index contributed by atoms with van der Waals surface area (Å²) in [6.45, 7) is 0.940. The summed E-state index contributed by atoms with van der Waals surface area (Å²) in [6, 6.07) is 10.3. The van der Waals surface area contributed by atoms with Gasteiger partial charge in [0.25, 0.3) is 10.0 Å². The first-order valence-electron chi connectivity index (χ1n) is 7.53. The van der Waals surface area contributed by atoms with Crippen LogP contribution in [0.5, 0.6) is 11.5 Å². The average molecular weight is 348 g/mol. The number of benzene rings is 2. The first kappa shape index (κ1) is 16.4. The summed E-state index contributed by atoms with van der Waals surface area (Å²) in [6.07, 6.45) is 0.975. The van der Waals surface area contributed by atoms with Crippen molar-refractivity contribution in [2.75, 3.05) is 37.4 Å². The van der Waals surface area contributed by atoms with Gasteiger partial charge < -0.3 is 14.4 Å². The molecule has 0 saturated heterocycles. The van der Waals surface area contributed by atoms with Crippen molar-refractivity contribution in [1.29, 1.82) is 0 Å². The van der Waals surface area contributed by atoms with Gasteiger partial charge in [0.2, 0.25) is 0 Å². The van der Waals surface area contributed by atoms with E-state index in [4.69, 9.17) is 9.47 Å². The van der Waals surface area contributed by atoms with Gasteiger partial charge in [-0.2, -0.15) is 0 Å². The molecule has 0 aromatic heterocycles. The van der Waals surface area contributed by atoms with Crippen LogP contribution in [0.1, 0.15) is 5.56 Å². The maximum Gasteiger partial charge on any atom is 0.265 e. The van der Waals surface area contributed by atoms with Crippen LogP contribution >= 0.6 is 0 Å². The van der Waals surface area contributed by atoms with E-state index in [-0.39, 0.29) is 10.6 Å². The Kier molecular flexibility index (Phi) is 4.28. The number of nitrogens with zero attached hydrogens (tertiary/aromatic N) is 1. The van der Waals surface area contributed by atoms with E-state index in [1.165, 1.54) is 25.8 Å². The first-order valence-corrected chi connectivity index (χ1v) is 9.02. The van der Waals surface area contributed by atoms with E-state index in [1.807, 2.05) is 19.2 Å². The lowest BCUT2D eigenvalue weighted by Crippen LogP contribution is -2.15. The third kappa shape index (κ3) is 2.99. The molecule has 128 valence electrons. The highest BCUT2D eigenvalue weighted by Gasteiger charge is 2.22. The molecule has 0 amide bonds. The predicted molar refractivity (Wildman–Crippen MR) is 93.8 cm³/mol. The summed E-state index contributed by atoms with van der Waals surface area (Å²) in [4.78, 5) is 2.15. The van der Waals surface area contributed by atoms with Crippen molar-refractivity contribution < 1.29 is 17.9 Å². The van der Waals surface area contributed by atoms with Gasteiger partial charge in [-0.15, -0.1) is 0 Å². The third-order valence-corrected chi connectivity index (χ3v) is 5.53. The molecule has 2 aromatic rings. The minimum absolute atomic E-state index is 0.0400. The molecule has 0 saturated carbocycles. The van der Waals surface area contributed by atoms with E-state index < -0.39 is 10.0 Å². The van der Waals surface area contributed by atoms with Gasteiger partial charge >= 0.3 is 0 Å². The van der Waals surface area contributed by atoms with Crippen LogP contribution in [0, 0.1) is 0 Å². The van der Waals surface area contributed by atoms with E-state index >= 15 is 0 Å². The van der Waals surface area contributed by atoms with Crippen LogP contribution in [0.15, 0.2) is 41.3 Å². The molecule has 0 atom stereocenters. The van der Waals surface area contributed by atoms with Gasteiger partial charge in [-0.3, -0.25) is 4.72 Å². The normalized spacial score (nSPS) is 13.5. The molecule has 2 aromatic carbocycles. The lowest BCUT2D eigenvalue weighted by Gasteiger charge is -2.15. The van der Waals surface area contributed by atoms with Crippen LogP contribution in [-0.2, 0) is 16.4 Å². The second-order valence-corrected chi connectivity index (χ2v) is 7.29. The monoisotopic (exact) mass is 348 g/mol. The van der Waals surface area contributed by atoms with Crippen molar-refractivity contribution in [3.8, 4) is 11.5 Å². The summed E-state index contributed by atoms with van der Waals surface area (Å²) in [5.74, 6) is 0.714. The van der Waals surface area contributed by atoms with Crippen LogP contribution in [0.2, 0.25) is 0 Å². The van der Waals surface area contributed by atoms with Gasteiger partial charge in [-0.25, -0.2) is 8.42 Å². The van der Waals surface area contributed by atoms with Crippen LogP contribution in [0.25, 0.3) is 0 Å². The third-order valence-electron chi connectivity index (χ3n) is 4.13. The number of ether oxygens (including phenoxy) is 2. The fourth-order valence-electron chi connectivity index (χ4n) is 2.81. The molecule has 0 spiro atoms. The molecule has 1 aliphatic heterocycles. The van der Waals surface area contributed by atoms with E-state index in [2.05, 4.69) is 9.62 Å². The first-order chi connectivity index (χ1) is 11.4. The Labute approximate surface area is 142 Å². The van der Waals surface area contributed by atoms with E-state index in [0.29, 0.717) is 11.4 Å². The zero-order valence-electron chi connectivity index (χ0n) is 13.9. The number of hydrogen-bond acceptors (Lipinski definition) is 5. The summed E-state index contributed by atoms with van der Waals surface area (Å²) in [5.41, 5.74) is 2.79. The molecular formula is C17H20N2O4S. The number of hydrogen-bond donors (Lipinski definition) is 1. The Hall–Kier alpha value is -2.41. The Morgan fingerprint density at radius 3 is 2.58 bits per heavy atom. The minimum atomic E-state index is -3.80. The highest BCUT2D eigenvalue weighted by atomic mass is 32.2. The van der Waals surface area contributed by atoms with Crippen LogP contribution in [0.4, 0.5) is 11.4 Å². The number of likely N-dealkylation sites (N-methyl/N-ethyl adjacent to an activating group) is 1. The van der Waals surface area contributed by atoms with Gasteiger partial charge in [0, 0.05) is 25.3 Å². The number of anilines is 2. The zero-order valence-corrected chi connectivity index (χ0v) is 14.7. The second-order valence-electron chi connectivity index (χ2n) is 5.64. The molecule has 1 aliphatic rings. The van der Waals surface area contributed by atoms with Gasteiger partial charge in [-0.1, -0.05) is 6.07 Å². The number of nitrogens with one attached hydrogen (secondary N) is 1. The number of fused-ring (bicyclic) bond motifs is 1. The largest absolute Gasteiger partial charge is 0.497 e. The molecule has 0 aliphatic carbocycles. The van der Waals surface area contributed by atoms with Gasteiger partial charge in [0.05, 0.1) is 19.9 Å². The number of sulfonamides is 1. The van der Waals surface area contributed by atoms with Crippen molar-refractivity contribution in [3.63, 3.8) is 0 Å². The summed E-state index contributed by atoms with van der Waals surface area (Å²) >= 11 is 0. The Bertz CT molecular complexity index is 865. The molecule has 1 heterocycles. The molecule has 6 nitrogen and oxygen atoms in total. The van der Waals surface area contributed by atoms with Gasteiger partial charge in [0.1, 0.15) is 16.4 Å². The Balaban J connectivity index is 1.96. The van der Waals surface area contributed by atoms with Crippen LogP contribution in [0.3, 0.4) is 0 Å². The lowest BCUT2D eigenvalue weighted by molar-refractivity contribution is 0.392. The molecule has 1 N–H and O–H groups in total. The smallest absolute Gasteiger partial charge is 0.265 e. The fraction of sp³-hybridized carbons (Fsp3) is 0.294. The number of rotatable bonds is 5. The second kappa shape index (κ2) is 6.24. The minimum Gasteiger partial charge on any atom is -0.497 e. The molecule has 0 fully saturated rings. The maximum atomic E-state index is 12.8. The molecular weight excluding hydrogens is 328 g/mol. The van der Waals surface area contributed by atoms with Crippen LogP contribution in [-0.4, -0.2) is 36.2 Å². The Morgan fingerprint density at radius 2 is 1.88 bits per heavy atom. The summed E-state index contributed by atoms with van der Waals surface area (Å²) in [5, 5.41) is 0. The average Bonchev–Trinajstić information content (AvgIpc) is 2.94. The molecule has 24 heavy (non-hydrogen) atoms. The topological polar surface area (TPSA) is 67.9 Å². The van der Waals surface area contributed by atoms with E-state index in [1.54, 1.807) is 18.2 Å². The Morgan fingerprint density at radius 1 is 1.08 bits per heavy atom. The van der Waals surface area contributed by atoms with Crippen molar-refractivity contribution in [1.82, 2.24) is 0 Å². The predicted octanol–water partition coefficient (Wildman–Crippen LogP) is 2.50. The quantitative estimate of drug-likeness (QED) is 0.899. The molecule has 0 bridgehead atoms. The summed E-state index contributed by atoms with van der Waals surface area (Å²) in [7, 11) is 1.12. The standard InChI is InChI=1S/C17H20N2O4S/c1-19-9-8-12-4-5-13(10-15(12)19)18-24(20,21)17-11-14(22-2)6-7-16(17)23-3/h4-7,10-11,18H,8-9H2,1-3H3. The molecule has 0 radical (unpaired) electrons. The van der Waals surface area contributed by atoms with Crippen molar-refractivity contribution in [3.05, 3.63) is 42.0 Å². The van der Waals surface area contributed by atoms with E-state index in [0.717, 1.165) is 18.7 Å². The zero-order chi connectivity index (χ0) is 17.3. The van der Waals surface area contributed by atoms with Crippen LogP contribution < -0.4 is 19.1 Å². The molecule has 0 unspecified atom stereocenters. The van der Waals surface area contributed by atoms with Gasteiger partial charge in [0.15, 0.2) is 0 Å². The van der Waals surface area contributed by atoms with Crippen molar-refractivity contribution in [2.45, 2.75) is 11.3 Å². The SMILES string of the molecule is COc1ccc(OC)c(S(=O)(=O)Nc2ccc3c(c2)N(C)CC3)c1. The highest BCUT2D eigenvalue weighted by Crippen LogP contribution is 2.33. The fourth-order valence-corrected chi connectivity index (χ4v) is 4.04. The van der Waals surface area contributed by atoms with Gasteiger partial charge in [-0.05, 0) is 36.2 Å². The maximum absolute atomic E-state index is 12.8. The molecule has 7 heteroatoms. The van der Waals surface area contributed by atoms with Crippen molar-refractivity contribution in [2.24, 2.45) is 0 Å². The van der Waals surface area contributed by atoms with Crippen molar-refractivity contribution >= 4 is 21.4 Å². The summed E-state index contributed by atoms with van der Waals surface area (Å²) < 4.78 is 38.5. The number of methoxy groups -OCH3 is 2. The lowest BCUT2D eigenvalue weighted by atomic mass is 10.1. The molecule has 3 rings (SSSR count). The highest BCUT2D eigenvalue weighted by molar-refractivity contribution is 7.92. The van der Waals surface area contributed by atoms with E-state index in [9.17, 15) is 8.42 Å².